The zero-order chi connectivity index (χ0) is 18.3. The molecule has 0 spiro atoms. The second-order valence-corrected chi connectivity index (χ2v) is 6.35. The minimum atomic E-state index is -0.0140. The number of hydrogen-bond acceptors (Lipinski definition) is 6. The third-order valence-electron chi connectivity index (χ3n) is 4.13. The van der Waals surface area contributed by atoms with E-state index in [9.17, 15) is 4.79 Å². The summed E-state index contributed by atoms with van der Waals surface area (Å²) in [6.07, 6.45) is 4.95. The van der Waals surface area contributed by atoms with Crippen LogP contribution in [-0.2, 0) is 11.8 Å². The molecule has 1 saturated carbocycles. The number of aryl methyl sites for hydroxylation is 1. The lowest BCUT2D eigenvalue weighted by Gasteiger charge is -2.12. The molecule has 0 atom stereocenters. The zero-order valence-corrected chi connectivity index (χ0v) is 14.9. The standard InChI is InChI=1S/C17H16ClN5O3/c1-23-13-14(25-2)11(8-20-15(13)22-17(23)18)26-10-5-6-19-12(7-10)21-16(24)9-3-4-9/h5-9H,3-4H2,1-2H3,(H,19,21,24). The highest BCUT2D eigenvalue weighted by molar-refractivity contribution is 6.29. The maximum absolute atomic E-state index is 11.9. The van der Waals surface area contributed by atoms with Gasteiger partial charge in [-0.3, -0.25) is 4.79 Å². The zero-order valence-electron chi connectivity index (χ0n) is 14.2. The van der Waals surface area contributed by atoms with Gasteiger partial charge in [-0.2, -0.15) is 4.98 Å². The Labute approximate surface area is 154 Å². The molecule has 9 heteroatoms. The number of hydrogen-bond donors (Lipinski definition) is 1. The molecule has 4 rings (SSSR count). The molecule has 0 saturated heterocycles. The van der Waals surface area contributed by atoms with E-state index in [1.54, 1.807) is 29.9 Å². The first-order valence-corrected chi connectivity index (χ1v) is 8.44. The number of carbonyl (C=O) groups excluding carboxylic acids is 1. The van der Waals surface area contributed by atoms with Crippen molar-refractivity contribution in [2.75, 3.05) is 12.4 Å². The number of ether oxygens (including phenoxy) is 2. The Bertz CT molecular complexity index is 999. The number of methoxy groups -OCH3 is 1. The van der Waals surface area contributed by atoms with Gasteiger partial charge in [0, 0.05) is 25.2 Å². The Hall–Kier alpha value is -2.87. The van der Waals surface area contributed by atoms with Crippen LogP contribution in [0.4, 0.5) is 5.82 Å². The van der Waals surface area contributed by atoms with E-state index in [1.807, 2.05) is 0 Å². The molecule has 1 N–H and O–H groups in total. The summed E-state index contributed by atoms with van der Waals surface area (Å²) in [7, 11) is 3.31. The van der Waals surface area contributed by atoms with E-state index in [4.69, 9.17) is 21.1 Å². The van der Waals surface area contributed by atoms with Crippen LogP contribution in [0.3, 0.4) is 0 Å². The highest BCUT2D eigenvalue weighted by Crippen LogP contribution is 2.38. The fourth-order valence-corrected chi connectivity index (χ4v) is 2.77. The van der Waals surface area contributed by atoms with Crippen LogP contribution >= 0.6 is 11.6 Å². The Morgan fingerprint density at radius 2 is 2.19 bits per heavy atom. The normalized spacial score (nSPS) is 13.7. The number of fused-ring (bicyclic) bond motifs is 1. The van der Waals surface area contributed by atoms with Crippen molar-refractivity contribution in [2.45, 2.75) is 12.8 Å². The molecule has 0 aliphatic heterocycles. The van der Waals surface area contributed by atoms with Gasteiger partial charge in [0.25, 0.3) is 0 Å². The minimum absolute atomic E-state index is 0.0140. The van der Waals surface area contributed by atoms with Crippen molar-refractivity contribution in [3.63, 3.8) is 0 Å². The predicted molar refractivity (Wildman–Crippen MR) is 95.7 cm³/mol. The Morgan fingerprint density at radius 1 is 1.38 bits per heavy atom. The first-order valence-electron chi connectivity index (χ1n) is 8.06. The molecule has 134 valence electrons. The summed E-state index contributed by atoms with van der Waals surface area (Å²) in [5.74, 6) is 1.90. The molecule has 0 unspecified atom stereocenters. The van der Waals surface area contributed by atoms with Crippen LogP contribution < -0.4 is 14.8 Å². The molecule has 26 heavy (non-hydrogen) atoms. The summed E-state index contributed by atoms with van der Waals surface area (Å²) in [4.78, 5) is 24.5. The van der Waals surface area contributed by atoms with Crippen LogP contribution in [0.1, 0.15) is 12.8 Å². The summed E-state index contributed by atoms with van der Waals surface area (Å²) >= 11 is 6.06. The number of amides is 1. The van der Waals surface area contributed by atoms with E-state index in [0.717, 1.165) is 12.8 Å². The quantitative estimate of drug-likeness (QED) is 0.738. The van der Waals surface area contributed by atoms with Crippen molar-refractivity contribution in [1.82, 2.24) is 19.5 Å². The van der Waals surface area contributed by atoms with Crippen LogP contribution in [-0.4, -0.2) is 32.5 Å². The number of pyridine rings is 2. The monoisotopic (exact) mass is 373 g/mol. The third kappa shape index (κ3) is 3.03. The van der Waals surface area contributed by atoms with Crippen molar-refractivity contribution >= 4 is 34.5 Å². The number of nitrogens with one attached hydrogen (secondary N) is 1. The van der Waals surface area contributed by atoms with Crippen molar-refractivity contribution in [1.29, 1.82) is 0 Å². The van der Waals surface area contributed by atoms with Gasteiger partial charge in [0.05, 0.1) is 13.3 Å². The molecule has 3 aromatic rings. The molecule has 3 aromatic heterocycles. The lowest BCUT2D eigenvalue weighted by atomic mass is 10.3. The van der Waals surface area contributed by atoms with Crippen molar-refractivity contribution in [2.24, 2.45) is 13.0 Å². The van der Waals surface area contributed by atoms with E-state index < -0.39 is 0 Å². The fraction of sp³-hybridized carbons (Fsp3) is 0.294. The van der Waals surface area contributed by atoms with Gasteiger partial charge in [0.1, 0.15) is 17.1 Å². The van der Waals surface area contributed by atoms with E-state index >= 15 is 0 Å². The van der Waals surface area contributed by atoms with Crippen molar-refractivity contribution in [3.8, 4) is 17.2 Å². The van der Waals surface area contributed by atoms with Gasteiger partial charge in [-0.15, -0.1) is 0 Å². The lowest BCUT2D eigenvalue weighted by molar-refractivity contribution is -0.117. The highest BCUT2D eigenvalue weighted by Gasteiger charge is 2.29. The van der Waals surface area contributed by atoms with E-state index in [1.165, 1.54) is 13.3 Å². The molecule has 0 bridgehead atoms. The molecule has 1 aliphatic carbocycles. The molecule has 1 fully saturated rings. The average Bonchev–Trinajstić information content (AvgIpc) is 3.43. The number of aromatic nitrogens is 4. The van der Waals surface area contributed by atoms with Gasteiger partial charge in [0.15, 0.2) is 17.1 Å². The molecule has 1 amide bonds. The van der Waals surface area contributed by atoms with Crippen molar-refractivity contribution < 1.29 is 14.3 Å². The van der Waals surface area contributed by atoms with E-state index in [-0.39, 0.29) is 11.8 Å². The summed E-state index contributed by atoms with van der Waals surface area (Å²) in [6, 6.07) is 3.34. The minimum Gasteiger partial charge on any atom is -0.491 e. The van der Waals surface area contributed by atoms with Gasteiger partial charge in [-0.05, 0) is 30.5 Å². The number of rotatable bonds is 5. The topological polar surface area (TPSA) is 91.2 Å². The number of halogens is 1. The Balaban J connectivity index is 1.64. The summed E-state index contributed by atoms with van der Waals surface area (Å²) < 4.78 is 13.1. The van der Waals surface area contributed by atoms with Gasteiger partial charge >= 0.3 is 0 Å². The summed E-state index contributed by atoms with van der Waals surface area (Å²) in [5.41, 5.74) is 1.10. The number of anilines is 1. The number of carbonyl (C=O) groups is 1. The van der Waals surface area contributed by atoms with Crippen LogP contribution in [0.5, 0.6) is 17.2 Å². The average molecular weight is 374 g/mol. The molecule has 0 aromatic carbocycles. The van der Waals surface area contributed by atoms with Crippen LogP contribution in [0.25, 0.3) is 11.2 Å². The molecule has 0 radical (unpaired) electrons. The van der Waals surface area contributed by atoms with E-state index in [0.29, 0.717) is 39.5 Å². The third-order valence-corrected chi connectivity index (χ3v) is 4.47. The number of nitrogens with zero attached hydrogens (tertiary/aromatic N) is 4. The second kappa shape index (κ2) is 6.45. The highest BCUT2D eigenvalue weighted by atomic mass is 35.5. The molecule has 3 heterocycles. The first-order chi connectivity index (χ1) is 12.6. The van der Waals surface area contributed by atoms with Gasteiger partial charge < -0.3 is 19.4 Å². The largest absolute Gasteiger partial charge is 0.491 e. The predicted octanol–water partition coefficient (Wildman–Crippen LogP) is 3.17. The lowest BCUT2D eigenvalue weighted by Crippen LogP contribution is -2.14. The van der Waals surface area contributed by atoms with E-state index in [2.05, 4.69) is 20.3 Å². The summed E-state index contributed by atoms with van der Waals surface area (Å²) in [5, 5.41) is 3.09. The molecular formula is C17H16ClN5O3. The van der Waals surface area contributed by atoms with Crippen LogP contribution in [0.15, 0.2) is 24.5 Å². The molecule has 1 aliphatic rings. The number of imidazole rings is 1. The Kier molecular flexibility index (Phi) is 4.12. The SMILES string of the molecule is COc1c(Oc2ccnc(NC(=O)C3CC3)c2)cnc2nc(Cl)n(C)c12. The molecule has 8 nitrogen and oxygen atoms in total. The van der Waals surface area contributed by atoms with Gasteiger partial charge in [-0.25, -0.2) is 9.97 Å². The second-order valence-electron chi connectivity index (χ2n) is 6.01. The molecular weight excluding hydrogens is 358 g/mol. The van der Waals surface area contributed by atoms with Gasteiger partial charge in [-0.1, -0.05) is 0 Å². The van der Waals surface area contributed by atoms with Gasteiger partial charge in [0.2, 0.25) is 11.2 Å². The Morgan fingerprint density at radius 3 is 2.92 bits per heavy atom. The smallest absolute Gasteiger partial charge is 0.228 e. The maximum atomic E-state index is 11.9. The maximum Gasteiger partial charge on any atom is 0.228 e. The van der Waals surface area contributed by atoms with Crippen LogP contribution in [0.2, 0.25) is 5.28 Å². The fourth-order valence-electron chi connectivity index (χ4n) is 2.61. The van der Waals surface area contributed by atoms with Crippen molar-refractivity contribution in [3.05, 3.63) is 29.8 Å². The summed E-state index contributed by atoms with van der Waals surface area (Å²) in [6.45, 7) is 0. The van der Waals surface area contributed by atoms with Crippen LogP contribution in [0, 0.1) is 5.92 Å². The first kappa shape index (κ1) is 16.6.